The van der Waals surface area contributed by atoms with Crippen LogP contribution in [0.25, 0.3) is 11.4 Å². The van der Waals surface area contributed by atoms with Crippen molar-refractivity contribution in [2.45, 2.75) is 129 Å². The topological polar surface area (TPSA) is 75.9 Å². The van der Waals surface area contributed by atoms with Crippen LogP contribution in [0.1, 0.15) is 133 Å². The van der Waals surface area contributed by atoms with Gasteiger partial charge in [0.05, 0.1) is 17.0 Å². The molecule has 1 aliphatic rings. The van der Waals surface area contributed by atoms with Crippen molar-refractivity contribution in [3.63, 3.8) is 0 Å². The van der Waals surface area contributed by atoms with Crippen LogP contribution in [0.4, 0.5) is 0 Å². The summed E-state index contributed by atoms with van der Waals surface area (Å²) in [5, 5.41) is 9.83. The molecule has 0 spiro atoms. The van der Waals surface area contributed by atoms with E-state index in [1.165, 1.54) is 69.8 Å². The molecule has 3 rings (SSSR count). The molecule has 38 heavy (non-hydrogen) atoms. The van der Waals surface area contributed by atoms with E-state index < -0.39 is 0 Å². The Kier molecular flexibility index (Phi) is 12.8. The van der Waals surface area contributed by atoms with Gasteiger partial charge in [-0.1, -0.05) is 90.2 Å². The second kappa shape index (κ2) is 16.3. The summed E-state index contributed by atoms with van der Waals surface area (Å²) >= 11 is 0. The van der Waals surface area contributed by atoms with Gasteiger partial charge in [0.2, 0.25) is 0 Å². The summed E-state index contributed by atoms with van der Waals surface area (Å²) < 4.78 is 5.82. The number of carbonyl (C=O) groups excluding carboxylic acids is 1. The van der Waals surface area contributed by atoms with Crippen LogP contribution >= 0.6 is 0 Å². The van der Waals surface area contributed by atoms with Crippen LogP contribution in [0.2, 0.25) is 0 Å². The fourth-order valence-corrected chi connectivity index (χ4v) is 5.46. The number of carbonyl (C=O) groups is 1. The van der Waals surface area contributed by atoms with E-state index >= 15 is 0 Å². The zero-order valence-corrected chi connectivity index (χ0v) is 23.7. The molecule has 1 aromatic carbocycles. The summed E-state index contributed by atoms with van der Waals surface area (Å²) in [5.41, 5.74) is 2.37. The number of ether oxygens (including phenoxy) is 1. The van der Waals surface area contributed by atoms with Gasteiger partial charge in [0.25, 0.3) is 0 Å². The van der Waals surface area contributed by atoms with Gasteiger partial charge in [-0.3, -0.25) is 0 Å². The van der Waals surface area contributed by atoms with E-state index in [4.69, 9.17) is 4.74 Å². The van der Waals surface area contributed by atoms with E-state index in [1.807, 2.05) is 24.5 Å². The molecule has 1 aromatic heterocycles. The first kappa shape index (κ1) is 29.8. The molecule has 0 unspecified atom stereocenters. The Labute approximate surface area is 230 Å². The average molecular weight is 518 g/mol. The van der Waals surface area contributed by atoms with E-state index in [-0.39, 0.29) is 17.5 Å². The second-order valence-corrected chi connectivity index (χ2v) is 11.2. The van der Waals surface area contributed by atoms with Crippen molar-refractivity contribution in [3.8, 4) is 17.5 Å². The fraction of sp³-hybridized carbons (Fsp3) is 0.636. The lowest BCUT2D eigenvalue weighted by atomic mass is 9.71. The van der Waals surface area contributed by atoms with Crippen LogP contribution in [0, 0.1) is 16.7 Å². The van der Waals surface area contributed by atoms with Gasteiger partial charge in [-0.25, -0.2) is 14.8 Å². The molecular weight excluding hydrogens is 470 g/mol. The van der Waals surface area contributed by atoms with Crippen molar-refractivity contribution in [1.29, 1.82) is 5.26 Å². The van der Waals surface area contributed by atoms with Crippen molar-refractivity contribution < 1.29 is 9.53 Å². The normalized spacial score (nSPS) is 19.1. The second-order valence-electron chi connectivity index (χ2n) is 11.2. The van der Waals surface area contributed by atoms with E-state index in [9.17, 15) is 10.1 Å². The first-order valence-electron chi connectivity index (χ1n) is 15.1. The maximum Gasteiger partial charge on any atom is 0.338 e. The lowest BCUT2D eigenvalue weighted by molar-refractivity contribution is 0.0105. The minimum atomic E-state index is -0.291. The Morgan fingerprint density at radius 3 is 2.08 bits per heavy atom. The molecule has 0 saturated heterocycles. The molecule has 0 amide bonds. The summed E-state index contributed by atoms with van der Waals surface area (Å²) in [7, 11) is 0. The van der Waals surface area contributed by atoms with Gasteiger partial charge in [-0.15, -0.1) is 0 Å². The lowest BCUT2D eigenvalue weighted by Crippen LogP contribution is -2.31. The predicted molar refractivity (Wildman–Crippen MR) is 154 cm³/mol. The van der Waals surface area contributed by atoms with Gasteiger partial charge in [-0.05, 0) is 62.6 Å². The lowest BCUT2D eigenvalue weighted by Gasteiger charge is -2.34. The highest BCUT2D eigenvalue weighted by Gasteiger charge is 2.36. The molecule has 0 N–H and O–H groups in total. The van der Waals surface area contributed by atoms with Gasteiger partial charge in [0.15, 0.2) is 5.82 Å². The van der Waals surface area contributed by atoms with Gasteiger partial charge >= 0.3 is 5.97 Å². The monoisotopic (exact) mass is 517 g/mol. The SMILES string of the molecule is CCCCCCCCc1cnc(-c2ccc(C(=O)OC3CCC(C#N)(CCCCCCC)CC3)cc2)nc1. The molecule has 206 valence electrons. The molecule has 1 heterocycles. The van der Waals surface area contributed by atoms with Crippen molar-refractivity contribution in [2.75, 3.05) is 0 Å². The van der Waals surface area contributed by atoms with Crippen molar-refractivity contribution in [2.24, 2.45) is 5.41 Å². The zero-order chi connectivity index (χ0) is 27.1. The molecule has 0 atom stereocenters. The van der Waals surface area contributed by atoms with Gasteiger partial charge in [-0.2, -0.15) is 5.26 Å². The van der Waals surface area contributed by atoms with Crippen LogP contribution in [0.5, 0.6) is 0 Å². The molecule has 2 aromatic rings. The number of unbranched alkanes of at least 4 members (excludes halogenated alkanes) is 9. The third-order valence-corrected chi connectivity index (χ3v) is 8.06. The Morgan fingerprint density at radius 2 is 1.47 bits per heavy atom. The number of nitrogens with zero attached hydrogens (tertiary/aromatic N) is 3. The summed E-state index contributed by atoms with van der Waals surface area (Å²) in [5.74, 6) is 0.382. The number of hydrogen-bond donors (Lipinski definition) is 0. The molecule has 5 heteroatoms. The van der Waals surface area contributed by atoms with Gasteiger partial charge in [0, 0.05) is 18.0 Å². The minimum absolute atomic E-state index is 0.105. The molecule has 1 saturated carbocycles. The third-order valence-electron chi connectivity index (χ3n) is 8.06. The average Bonchev–Trinajstić information content (AvgIpc) is 2.96. The Bertz CT molecular complexity index is 986. The van der Waals surface area contributed by atoms with Crippen molar-refractivity contribution in [1.82, 2.24) is 9.97 Å². The van der Waals surface area contributed by atoms with Crippen LogP contribution in [-0.4, -0.2) is 22.0 Å². The molecule has 0 bridgehead atoms. The largest absolute Gasteiger partial charge is 0.459 e. The van der Waals surface area contributed by atoms with E-state index in [1.54, 1.807) is 12.1 Å². The number of nitriles is 1. The highest BCUT2D eigenvalue weighted by molar-refractivity contribution is 5.90. The van der Waals surface area contributed by atoms with Crippen LogP contribution in [-0.2, 0) is 11.2 Å². The predicted octanol–water partition coefficient (Wildman–Crippen LogP) is 9.02. The van der Waals surface area contributed by atoms with Crippen LogP contribution in [0.15, 0.2) is 36.7 Å². The molecule has 1 fully saturated rings. The smallest absolute Gasteiger partial charge is 0.338 e. The van der Waals surface area contributed by atoms with Crippen LogP contribution in [0.3, 0.4) is 0 Å². The number of aromatic nitrogens is 2. The number of benzene rings is 1. The zero-order valence-electron chi connectivity index (χ0n) is 23.7. The Hall–Kier alpha value is -2.74. The van der Waals surface area contributed by atoms with E-state index in [2.05, 4.69) is 29.9 Å². The number of aryl methyl sites for hydroxylation is 1. The van der Waals surface area contributed by atoms with Gasteiger partial charge in [0.1, 0.15) is 6.10 Å². The van der Waals surface area contributed by atoms with Crippen molar-refractivity contribution in [3.05, 3.63) is 47.8 Å². The summed E-state index contributed by atoms with van der Waals surface area (Å²) in [4.78, 5) is 21.9. The highest BCUT2D eigenvalue weighted by Crippen LogP contribution is 2.41. The number of rotatable bonds is 16. The molecule has 5 nitrogen and oxygen atoms in total. The summed E-state index contributed by atoms with van der Waals surface area (Å²) in [6.07, 6.45) is 22.7. The van der Waals surface area contributed by atoms with Crippen molar-refractivity contribution >= 4 is 5.97 Å². The number of hydrogen-bond acceptors (Lipinski definition) is 5. The molecular formula is C33H47N3O2. The fourth-order valence-electron chi connectivity index (χ4n) is 5.46. The molecule has 0 radical (unpaired) electrons. The maximum atomic E-state index is 12.8. The maximum absolute atomic E-state index is 12.8. The molecule has 1 aliphatic carbocycles. The first-order chi connectivity index (χ1) is 18.6. The highest BCUT2D eigenvalue weighted by atomic mass is 16.5. The molecule has 0 aliphatic heterocycles. The third kappa shape index (κ3) is 9.53. The summed E-state index contributed by atoms with van der Waals surface area (Å²) in [6.45, 7) is 4.46. The Balaban J connectivity index is 1.42. The quantitative estimate of drug-likeness (QED) is 0.164. The minimum Gasteiger partial charge on any atom is -0.459 e. The van der Waals surface area contributed by atoms with E-state index in [0.717, 1.165) is 50.5 Å². The summed E-state index contributed by atoms with van der Waals surface area (Å²) in [6, 6.07) is 9.97. The van der Waals surface area contributed by atoms with Crippen LogP contribution < -0.4 is 0 Å². The van der Waals surface area contributed by atoms with Gasteiger partial charge < -0.3 is 4.74 Å². The number of esters is 1. The standard InChI is InChI=1S/C33H47N3O2/c1-3-5-7-9-10-12-14-27-24-35-31(36-25-27)28-15-17-29(18-16-28)32(37)38-30-19-22-33(26-34,23-20-30)21-13-11-8-6-4-2/h15-18,24-25,30H,3-14,19-23H2,1-2H3. The van der Waals surface area contributed by atoms with E-state index in [0.29, 0.717) is 11.4 Å². The Morgan fingerprint density at radius 1 is 0.895 bits per heavy atom. The first-order valence-corrected chi connectivity index (χ1v) is 15.1.